The van der Waals surface area contributed by atoms with Crippen molar-refractivity contribution in [3.63, 3.8) is 0 Å². The van der Waals surface area contributed by atoms with Crippen LogP contribution in [-0.4, -0.2) is 5.71 Å². The van der Waals surface area contributed by atoms with Gasteiger partial charge < -0.3 is 10.6 Å². The molecule has 2 N–H and O–H groups in total. The zero-order valence-corrected chi connectivity index (χ0v) is 43.5. The zero-order valence-electron chi connectivity index (χ0n) is 39.3. The monoisotopic (exact) mass is 1030 g/mol. The van der Waals surface area contributed by atoms with Gasteiger partial charge in [-0.25, -0.2) is 4.40 Å². The summed E-state index contributed by atoms with van der Waals surface area (Å²) in [7, 11) is 0. The van der Waals surface area contributed by atoms with Crippen molar-refractivity contribution in [1.82, 2.24) is 10.6 Å². The maximum atomic E-state index is 4.93. The number of hydrogen-bond donors (Lipinski definition) is 3. The van der Waals surface area contributed by atoms with E-state index in [0.717, 1.165) is 113 Å². The minimum absolute atomic E-state index is 0.713. The van der Waals surface area contributed by atoms with Crippen molar-refractivity contribution in [1.29, 1.82) is 0 Å². The molecule has 6 aromatic carbocycles. The topological polar surface area (TPSA) is 36.4 Å². The highest BCUT2D eigenvalue weighted by atomic mass is 32.1. The van der Waals surface area contributed by atoms with Gasteiger partial charge in [-0.3, -0.25) is 0 Å². The van der Waals surface area contributed by atoms with Crippen LogP contribution in [0.2, 0.25) is 0 Å². The fourth-order valence-corrected chi connectivity index (χ4v) is 13.8. The third kappa shape index (κ3) is 8.99. The number of thiophene rings is 4. The molecule has 0 radical (unpaired) electrons. The second kappa shape index (κ2) is 20.7. The Labute approximate surface area is 447 Å². The van der Waals surface area contributed by atoms with Crippen molar-refractivity contribution < 1.29 is 0 Å². The highest BCUT2D eigenvalue weighted by Crippen LogP contribution is 2.50. The molecule has 5 heterocycles. The van der Waals surface area contributed by atoms with Crippen LogP contribution in [0, 0.1) is 0 Å². The molecular formula is C65H45N3S5. The fourth-order valence-electron chi connectivity index (χ4n) is 9.82. The van der Waals surface area contributed by atoms with E-state index >= 15 is 0 Å². The number of thiol groups is 1. The van der Waals surface area contributed by atoms with Crippen molar-refractivity contribution in [3.05, 3.63) is 327 Å². The van der Waals surface area contributed by atoms with Gasteiger partial charge in [-0.05, 0) is 105 Å². The maximum absolute atomic E-state index is 4.93. The van der Waals surface area contributed by atoms with Crippen LogP contribution >= 0.6 is 58.2 Å². The van der Waals surface area contributed by atoms with E-state index in [1.807, 2.05) is 0 Å². The van der Waals surface area contributed by atoms with E-state index in [0.29, 0.717) is 5.71 Å². The largest absolute Gasteiger partial charge is 0.350 e. The number of hydrogen-bond acceptors (Lipinski definition) is 8. The van der Waals surface area contributed by atoms with E-state index in [2.05, 4.69) is 252 Å². The van der Waals surface area contributed by atoms with Crippen molar-refractivity contribution in [2.24, 2.45) is 4.40 Å². The highest BCUT2D eigenvalue weighted by molar-refractivity contribution is 7.79. The Hall–Kier alpha value is -7.82. The lowest BCUT2D eigenvalue weighted by Gasteiger charge is -2.35. The maximum Gasteiger partial charge on any atom is 0.0891 e. The van der Waals surface area contributed by atoms with Gasteiger partial charge in [0.25, 0.3) is 0 Å². The van der Waals surface area contributed by atoms with Gasteiger partial charge >= 0.3 is 0 Å². The molecule has 0 amide bonds. The van der Waals surface area contributed by atoms with Gasteiger partial charge in [-0.2, -0.15) is 0 Å². The Morgan fingerprint density at radius 1 is 0.342 bits per heavy atom. The van der Waals surface area contributed by atoms with E-state index in [4.69, 9.17) is 23.8 Å². The molecule has 350 valence electrons. The molecule has 1 aliphatic carbocycles. The Balaban J connectivity index is 1.11. The smallest absolute Gasteiger partial charge is 0.0891 e. The van der Waals surface area contributed by atoms with Gasteiger partial charge in [0, 0.05) is 47.4 Å². The Bertz CT molecular complexity index is 3720. The normalized spacial score (nSPS) is 13.9. The van der Waals surface area contributed by atoms with Crippen LogP contribution in [0.15, 0.2) is 269 Å². The molecule has 1 aliphatic heterocycles. The minimum atomic E-state index is 0.713. The number of fused-ring (bicyclic) bond motifs is 1. The minimum Gasteiger partial charge on any atom is -0.350 e. The van der Waals surface area contributed by atoms with E-state index in [1.165, 1.54) is 11.1 Å². The van der Waals surface area contributed by atoms with Crippen molar-refractivity contribution in [2.75, 3.05) is 0 Å². The number of allylic oxidation sites excluding steroid dienone is 3. The standard InChI is InChI=1S/C65H45N3S5/c1-42-55(49-36-37-50(72-49)58(47-30-16-6-17-31-47)56(43-22-8-2-9-23-43)44-24-10-3-11-25-44)64-65(67-63(54-35-21-41-71-54)62(66-64)53-34-20-40-70-53)60(61(42)68-69)52-39-38-51(73-52)59(48-32-18-7-19-33-48)57(45-26-12-4-13-27-45)46-28-14-5-15-29-46/h2-41,66-67,69H,1H2. The van der Waals surface area contributed by atoms with Gasteiger partial charge in [-0.1, -0.05) is 201 Å². The summed E-state index contributed by atoms with van der Waals surface area (Å²) in [6.45, 7) is 4.93. The second-order valence-electron chi connectivity index (χ2n) is 17.4. The molecular weight excluding hydrogens is 983 g/mol. The Morgan fingerprint density at radius 3 is 1.00 bits per heavy atom. The number of rotatable bonds is 12. The van der Waals surface area contributed by atoms with Crippen LogP contribution in [0.1, 0.15) is 62.6 Å². The average Bonchev–Trinajstić information content (AvgIpc) is 4.33. The molecule has 0 atom stereocenters. The van der Waals surface area contributed by atoms with E-state index in [-0.39, 0.29) is 0 Å². The third-order valence-corrected chi connectivity index (χ3v) is 17.2. The summed E-state index contributed by atoms with van der Waals surface area (Å²) >= 11 is 11.8. The predicted octanol–water partition coefficient (Wildman–Crippen LogP) is 17.6. The molecule has 0 saturated heterocycles. The molecule has 0 unspecified atom stereocenters. The van der Waals surface area contributed by atoms with E-state index < -0.39 is 0 Å². The summed E-state index contributed by atoms with van der Waals surface area (Å²) in [6, 6.07) is 82.1. The molecule has 12 rings (SSSR count). The second-order valence-corrected chi connectivity index (χ2v) is 21.7. The van der Waals surface area contributed by atoms with Crippen LogP contribution in [0.5, 0.6) is 0 Å². The summed E-state index contributed by atoms with van der Waals surface area (Å²) in [6.07, 6.45) is 0. The quantitative estimate of drug-likeness (QED) is 0.0842. The lowest BCUT2D eigenvalue weighted by Crippen LogP contribution is -2.35. The first-order valence-electron chi connectivity index (χ1n) is 23.9. The number of benzene rings is 6. The first-order valence-corrected chi connectivity index (χ1v) is 27.7. The molecule has 10 aromatic rings. The summed E-state index contributed by atoms with van der Waals surface area (Å²) in [5, 5.41) is 12.4. The van der Waals surface area contributed by atoms with Crippen molar-refractivity contribution >= 4 is 109 Å². The lowest BCUT2D eigenvalue weighted by atomic mass is 9.84. The van der Waals surface area contributed by atoms with Crippen molar-refractivity contribution in [2.45, 2.75) is 0 Å². The summed E-state index contributed by atoms with van der Waals surface area (Å²) in [5.41, 5.74) is 18.8. The van der Waals surface area contributed by atoms with Crippen LogP contribution < -0.4 is 10.6 Å². The molecule has 4 aromatic heterocycles. The molecule has 2 aliphatic rings. The van der Waals surface area contributed by atoms with Gasteiger partial charge in [-0.15, -0.1) is 45.3 Å². The summed E-state index contributed by atoms with van der Waals surface area (Å²) in [5.74, 6) is 0. The predicted molar refractivity (Wildman–Crippen MR) is 318 cm³/mol. The van der Waals surface area contributed by atoms with Gasteiger partial charge in [0.2, 0.25) is 0 Å². The first-order chi connectivity index (χ1) is 36.1. The van der Waals surface area contributed by atoms with Gasteiger partial charge in [0.15, 0.2) is 0 Å². The molecule has 8 heteroatoms. The van der Waals surface area contributed by atoms with Crippen LogP contribution in [-0.2, 0) is 0 Å². The van der Waals surface area contributed by atoms with Crippen LogP contribution in [0.4, 0.5) is 0 Å². The molecule has 0 bridgehead atoms. The van der Waals surface area contributed by atoms with E-state index in [1.54, 1.807) is 45.3 Å². The van der Waals surface area contributed by atoms with Crippen molar-refractivity contribution in [3.8, 4) is 0 Å². The van der Waals surface area contributed by atoms with E-state index in [9.17, 15) is 0 Å². The molecule has 73 heavy (non-hydrogen) atoms. The molecule has 0 saturated carbocycles. The van der Waals surface area contributed by atoms with Gasteiger partial charge in [0.05, 0.1) is 38.3 Å². The van der Waals surface area contributed by atoms with Gasteiger partial charge in [0.1, 0.15) is 0 Å². The zero-order chi connectivity index (χ0) is 49.1. The SMILES string of the molecule is C=C1C(=NS)C(c2ccc(C(=C(c3ccccc3)c3ccccc3)c3ccccc3)s2)=C2NC(c3cccs3)=C(c3cccs3)NC2=C1c1ccc(C(=C(c2ccccc2)c2ccccc2)c2ccccc2)s1. The van der Waals surface area contributed by atoms with Crippen LogP contribution in [0.3, 0.4) is 0 Å². The molecule has 0 fully saturated rings. The number of nitrogens with zero attached hydrogens (tertiary/aromatic N) is 1. The third-order valence-electron chi connectivity index (χ3n) is 13.0. The Kier molecular flexibility index (Phi) is 13.1. The summed E-state index contributed by atoms with van der Waals surface area (Å²) in [4.78, 5) is 6.62. The average molecular weight is 1030 g/mol. The van der Waals surface area contributed by atoms with Crippen LogP contribution in [0.25, 0.3) is 44.8 Å². The molecule has 3 nitrogen and oxygen atoms in total. The molecule has 0 spiro atoms. The fraction of sp³-hybridized carbons (Fsp3) is 0. The first kappa shape index (κ1) is 46.3. The Morgan fingerprint density at radius 2 is 0.671 bits per heavy atom. The summed E-state index contributed by atoms with van der Waals surface area (Å²) < 4.78 is 4.88. The lowest BCUT2D eigenvalue weighted by molar-refractivity contribution is 0.964. The number of nitrogens with one attached hydrogen (secondary N) is 2. The highest BCUT2D eigenvalue weighted by Gasteiger charge is 2.37.